The van der Waals surface area contributed by atoms with Gasteiger partial charge in [-0.1, -0.05) is 57.4 Å². The second-order valence-corrected chi connectivity index (χ2v) is 8.41. The van der Waals surface area contributed by atoms with Gasteiger partial charge in [-0.25, -0.2) is 9.97 Å². The molecule has 1 heterocycles. The number of benzene rings is 1. The van der Waals surface area contributed by atoms with Gasteiger partial charge in [0.15, 0.2) is 5.82 Å². The van der Waals surface area contributed by atoms with Crippen LogP contribution < -0.4 is 0 Å². The number of hydrogen-bond acceptors (Lipinski definition) is 3. The smallest absolute Gasteiger partial charge is 0.159 e. The summed E-state index contributed by atoms with van der Waals surface area (Å²) in [6, 6.07) is 11.4. The van der Waals surface area contributed by atoms with Gasteiger partial charge in [-0.15, -0.1) is 0 Å². The summed E-state index contributed by atoms with van der Waals surface area (Å²) in [6.45, 7) is 4.41. The quantitative estimate of drug-likeness (QED) is 0.507. The summed E-state index contributed by atoms with van der Waals surface area (Å²) in [4.78, 5) is 9.11. The summed E-state index contributed by atoms with van der Waals surface area (Å²) in [5, 5.41) is 9.69. The van der Waals surface area contributed by atoms with Crippen molar-refractivity contribution in [2.75, 3.05) is 0 Å². The topological polar surface area (TPSA) is 49.6 Å². The van der Waals surface area contributed by atoms with E-state index in [1.165, 1.54) is 36.8 Å². The molecule has 1 saturated carbocycles. The average molecular weight is 376 g/mol. The predicted molar refractivity (Wildman–Crippen MR) is 115 cm³/mol. The van der Waals surface area contributed by atoms with Crippen LogP contribution in [0.25, 0.3) is 11.4 Å². The van der Waals surface area contributed by atoms with Crippen molar-refractivity contribution in [1.82, 2.24) is 9.97 Å². The van der Waals surface area contributed by atoms with E-state index in [1.807, 2.05) is 12.4 Å². The minimum Gasteiger partial charge on any atom is -0.236 e. The minimum absolute atomic E-state index is 0.0696. The van der Waals surface area contributed by atoms with Crippen molar-refractivity contribution in [3.8, 4) is 17.5 Å². The summed E-state index contributed by atoms with van der Waals surface area (Å²) in [7, 11) is 0. The highest BCUT2D eigenvalue weighted by Crippen LogP contribution is 2.45. The lowest BCUT2D eigenvalue weighted by molar-refractivity contribution is 0.224. The second-order valence-electron chi connectivity index (χ2n) is 8.41. The second kappa shape index (κ2) is 9.82. The zero-order valence-corrected chi connectivity index (χ0v) is 17.5. The van der Waals surface area contributed by atoms with Gasteiger partial charge < -0.3 is 0 Å². The van der Waals surface area contributed by atoms with Crippen LogP contribution in [0.5, 0.6) is 0 Å². The zero-order valence-electron chi connectivity index (χ0n) is 17.5. The van der Waals surface area contributed by atoms with Crippen LogP contribution in [0.3, 0.4) is 0 Å². The fourth-order valence-electron chi connectivity index (χ4n) is 4.35. The molecule has 0 saturated heterocycles. The molecule has 1 aromatic heterocycles. The van der Waals surface area contributed by atoms with E-state index in [-0.39, 0.29) is 5.41 Å². The Morgan fingerprint density at radius 2 is 1.64 bits per heavy atom. The van der Waals surface area contributed by atoms with Crippen LogP contribution in [0.4, 0.5) is 0 Å². The standard InChI is InChI=1S/C25H33N3/c1-3-5-7-20-17-27-24(28-18-20)23-10-8-21(9-11-23)22-12-15-25(19-26,16-13-22)14-6-4-2/h8-11,17-18,22H,3-7,12-16H2,1-2H3/t22-,25-. The van der Waals surface area contributed by atoms with E-state index < -0.39 is 0 Å². The number of hydrogen-bond donors (Lipinski definition) is 0. The first-order chi connectivity index (χ1) is 13.7. The first-order valence-corrected chi connectivity index (χ1v) is 11.0. The Morgan fingerprint density at radius 1 is 1.00 bits per heavy atom. The molecule has 1 aromatic carbocycles. The Balaban J connectivity index is 1.61. The minimum atomic E-state index is -0.0696. The van der Waals surface area contributed by atoms with E-state index in [9.17, 15) is 5.26 Å². The lowest BCUT2D eigenvalue weighted by Gasteiger charge is -2.35. The highest BCUT2D eigenvalue weighted by Gasteiger charge is 2.35. The Bertz CT molecular complexity index is 763. The van der Waals surface area contributed by atoms with Gasteiger partial charge in [0, 0.05) is 18.0 Å². The van der Waals surface area contributed by atoms with E-state index in [1.54, 1.807) is 0 Å². The van der Waals surface area contributed by atoms with E-state index >= 15 is 0 Å². The molecule has 0 amide bonds. The molecule has 1 aliphatic carbocycles. The lowest BCUT2D eigenvalue weighted by Crippen LogP contribution is -2.25. The van der Waals surface area contributed by atoms with Crippen LogP contribution in [0.2, 0.25) is 0 Å². The predicted octanol–water partition coefficient (Wildman–Crippen LogP) is 6.84. The molecule has 1 fully saturated rings. The number of nitriles is 1. The molecule has 0 bridgehead atoms. The van der Waals surface area contributed by atoms with Crippen molar-refractivity contribution in [1.29, 1.82) is 5.26 Å². The third-order valence-electron chi connectivity index (χ3n) is 6.35. The third-order valence-corrected chi connectivity index (χ3v) is 6.35. The largest absolute Gasteiger partial charge is 0.236 e. The molecule has 3 rings (SSSR count). The molecule has 1 aliphatic rings. The first kappa shape index (κ1) is 20.5. The highest BCUT2D eigenvalue weighted by atomic mass is 14.9. The first-order valence-electron chi connectivity index (χ1n) is 11.0. The number of nitrogens with zero attached hydrogens (tertiary/aromatic N) is 3. The van der Waals surface area contributed by atoms with Crippen molar-refractivity contribution < 1.29 is 0 Å². The number of rotatable bonds is 8. The lowest BCUT2D eigenvalue weighted by atomic mass is 9.67. The molecule has 28 heavy (non-hydrogen) atoms. The molecule has 0 aliphatic heterocycles. The molecule has 148 valence electrons. The average Bonchev–Trinajstić information content (AvgIpc) is 2.77. The fourth-order valence-corrected chi connectivity index (χ4v) is 4.35. The molecule has 2 aromatic rings. The van der Waals surface area contributed by atoms with Crippen molar-refractivity contribution in [3.63, 3.8) is 0 Å². The van der Waals surface area contributed by atoms with Gasteiger partial charge in [0.1, 0.15) is 0 Å². The zero-order chi connectivity index (χ0) is 19.8. The summed E-state index contributed by atoms with van der Waals surface area (Å²) in [6.07, 6.45) is 15.1. The van der Waals surface area contributed by atoms with Crippen LogP contribution in [-0.2, 0) is 6.42 Å². The Hall–Kier alpha value is -2.21. The third kappa shape index (κ3) is 4.98. The van der Waals surface area contributed by atoms with E-state index in [0.29, 0.717) is 5.92 Å². The van der Waals surface area contributed by atoms with Crippen molar-refractivity contribution >= 4 is 0 Å². The summed E-state index contributed by atoms with van der Waals surface area (Å²) in [5.74, 6) is 1.38. The van der Waals surface area contributed by atoms with Crippen molar-refractivity contribution in [2.24, 2.45) is 5.41 Å². The van der Waals surface area contributed by atoms with Crippen LogP contribution in [0.1, 0.15) is 88.7 Å². The van der Waals surface area contributed by atoms with E-state index in [0.717, 1.165) is 49.9 Å². The molecular formula is C25H33N3. The van der Waals surface area contributed by atoms with Gasteiger partial charge in [0.05, 0.1) is 11.5 Å². The maximum Gasteiger partial charge on any atom is 0.159 e. The van der Waals surface area contributed by atoms with Crippen LogP contribution in [-0.4, -0.2) is 9.97 Å². The highest BCUT2D eigenvalue weighted by molar-refractivity contribution is 5.55. The molecule has 0 spiro atoms. The Kier molecular flexibility index (Phi) is 7.20. The van der Waals surface area contributed by atoms with Gasteiger partial charge in [-0.05, 0) is 62.0 Å². The summed E-state index contributed by atoms with van der Waals surface area (Å²) in [5.41, 5.74) is 3.62. The molecule has 0 N–H and O–H groups in total. The van der Waals surface area contributed by atoms with Crippen molar-refractivity contribution in [2.45, 2.75) is 84.0 Å². The Morgan fingerprint density at radius 3 is 2.21 bits per heavy atom. The normalized spacial score (nSPS) is 22.0. The van der Waals surface area contributed by atoms with Crippen LogP contribution in [0.15, 0.2) is 36.7 Å². The number of aryl methyl sites for hydroxylation is 1. The maximum absolute atomic E-state index is 9.69. The van der Waals surface area contributed by atoms with Gasteiger partial charge in [-0.3, -0.25) is 0 Å². The van der Waals surface area contributed by atoms with Gasteiger partial charge in [0.25, 0.3) is 0 Å². The molecule has 0 radical (unpaired) electrons. The van der Waals surface area contributed by atoms with Crippen LogP contribution >= 0.6 is 0 Å². The number of unbranched alkanes of at least 4 members (excludes halogenated alkanes) is 2. The SMILES string of the molecule is CCCCc1cnc(-c2ccc([C@H]3CC[C@@](C#N)(CCCC)CC3)cc2)nc1. The monoisotopic (exact) mass is 375 g/mol. The summed E-state index contributed by atoms with van der Waals surface area (Å²) < 4.78 is 0. The summed E-state index contributed by atoms with van der Waals surface area (Å²) >= 11 is 0. The van der Waals surface area contributed by atoms with Crippen molar-refractivity contribution in [3.05, 3.63) is 47.8 Å². The molecule has 0 unspecified atom stereocenters. The van der Waals surface area contributed by atoms with Gasteiger partial charge in [0.2, 0.25) is 0 Å². The molecule has 3 heteroatoms. The number of aromatic nitrogens is 2. The van der Waals surface area contributed by atoms with E-state index in [2.05, 4.69) is 54.2 Å². The van der Waals surface area contributed by atoms with Gasteiger partial charge >= 0.3 is 0 Å². The molecular weight excluding hydrogens is 342 g/mol. The van der Waals surface area contributed by atoms with E-state index in [4.69, 9.17) is 0 Å². The molecule has 3 nitrogen and oxygen atoms in total. The molecule has 0 atom stereocenters. The van der Waals surface area contributed by atoms with Crippen LogP contribution in [0, 0.1) is 16.7 Å². The fraction of sp³-hybridized carbons (Fsp3) is 0.560. The van der Waals surface area contributed by atoms with Gasteiger partial charge in [-0.2, -0.15) is 5.26 Å². The maximum atomic E-state index is 9.69. The Labute approximate surface area is 170 Å².